The number of nitrogens with one attached hydrogen (secondary N) is 1. The molecule has 6 nitrogen and oxygen atoms in total. The number of nitrogens with zero attached hydrogens (tertiary/aromatic N) is 4. The Balaban J connectivity index is 1.54. The van der Waals surface area contributed by atoms with E-state index in [4.69, 9.17) is 0 Å². The van der Waals surface area contributed by atoms with E-state index in [9.17, 15) is 4.79 Å². The van der Waals surface area contributed by atoms with Crippen LogP contribution in [-0.4, -0.2) is 31.9 Å². The Kier molecular flexibility index (Phi) is 6.69. The lowest BCUT2D eigenvalue weighted by Gasteiger charge is -2.12. The third kappa shape index (κ3) is 5.23. The Morgan fingerprint density at radius 3 is 2.38 bits per heavy atom. The van der Waals surface area contributed by atoms with Crippen molar-refractivity contribution in [3.63, 3.8) is 0 Å². The van der Waals surface area contributed by atoms with E-state index in [-0.39, 0.29) is 5.91 Å². The Morgan fingerprint density at radius 2 is 1.69 bits per heavy atom. The molecule has 2 aromatic carbocycles. The quantitative estimate of drug-likeness (QED) is 0.452. The van der Waals surface area contributed by atoms with Crippen molar-refractivity contribution in [3.05, 3.63) is 58.1 Å². The molecule has 0 saturated carbocycles. The molecule has 3 rings (SSSR count). The SMILES string of the molecule is Cc1ccc(-n2nnnc2SCCCC(=O)Nc2c(C)cc(C)cc2C)c(C)c1. The predicted molar refractivity (Wildman–Crippen MR) is 118 cm³/mol. The van der Waals surface area contributed by atoms with Crippen LogP contribution in [-0.2, 0) is 4.79 Å². The number of aromatic nitrogens is 4. The van der Waals surface area contributed by atoms with Crippen LogP contribution in [0.3, 0.4) is 0 Å². The van der Waals surface area contributed by atoms with E-state index < -0.39 is 0 Å². The van der Waals surface area contributed by atoms with Crippen LogP contribution in [0.1, 0.15) is 40.7 Å². The molecule has 1 N–H and O–H groups in total. The van der Waals surface area contributed by atoms with Gasteiger partial charge in [-0.25, -0.2) is 0 Å². The van der Waals surface area contributed by atoms with Gasteiger partial charge in [0.1, 0.15) is 0 Å². The summed E-state index contributed by atoms with van der Waals surface area (Å²) < 4.78 is 1.76. The van der Waals surface area contributed by atoms with Crippen LogP contribution in [0.5, 0.6) is 0 Å². The highest BCUT2D eigenvalue weighted by atomic mass is 32.2. The Labute approximate surface area is 176 Å². The molecule has 0 spiro atoms. The lowest BCUT2D eigenvalue weighted by atomic mass is 10.0. The van der Waals surface area contributed by atoms with Gasteiger partial charge in [-0.05, 0) is 74.2 Å². The first-order chi connectivity index (χ1) is 13.8. The van der Waals surface area contributed by atoms with Gasteiger partial charge in [0.15, 0.2) is 0 Å². The zero-order valence-corrected chi connectivity index (χ0v) is 18.4. The summed E-state index contributed by atoms with van der Waals surface area (Å²) in [6, 6.07) is 10.4. The molecule has 0 unspecified atom stereocenters. The second kappa shape index (κ2) is 9.22. The topological polar surface area (TPSA) is 72.7 Å². The van der Waals surface area contributed by atoms with Gasteiger partial charge in [0.25, 0.3) is 0 Å². The Bertz CT molecular complexity index is 1000. The van der Waals surface area contributed by atoms with Gasteiger partial charge in [-0.2, -0.15) is 4.68 Å². The van der Waals surface area contributed by atoms with Crippen LogP contribution in [0, 0.1) is 34.6 Å². The summed E-state index contributed by atoms with van der Waals surface area (Å²) in [6.45, 7) is 10.2. The lowest BCUT2D eigenvalue weighted by molar-refractivity contribution is -0.116. The van der Waals surface area contributed by atoms with Crippen LogP contribution < -0.4 is 5.32 Å². The van der Waals surface area contributed by atoms with Crippen LogP contribution in [0.2, 0.25) is 0 Å². The number of anilines is 1. The molecule has 0 aliphatic carbocycles. The van der Waals surface area contributed by atoms with E-state index in [2.05, 4.69) is 65.9 Å². The second-order valence-corrected chi connectivity index (χ2v) is 8.50. The standard InChI is InChI=1S/C22H27N5OS/c1-14-8-9-19(16(3)11-14)27-22(24-25-26-27)29-10-6-7-20(28)23-21-17(4)12-15(2)13-18(21)5/h8-9,11-13H,6-7,10H2,1-5H3,(H,23,28). The van der Waals surface area contributed by atoms with Crippen LogP contribution in [0.25, 0.3) is 5.69 Å². The fourth-order valence-corrected chi connectivity index (χ4v) is 4.26. The third-order valence-electron chi connectivity index (χ3n) is 4.74. The van der Waals surface area contributed by atoms with Crippen LogP contribution >= 0.6 is 11.8 Å². The average molecular weight is 410 g/mol. The molecule has 1 amide bonds. The molecule has 0 saturated heterocycles. The van der Waals surface area contributed by atoms with Crippen molar-refractivity contribution in [3.8, 4) is 5.69 Å². The van der Waals surface area contributed by atoms with E-state index in [0.717, 1.165) is 45.4 Å². The normalized spacial score (nSPS) is 10.9. The van der Waals surface area contributed by atoms with Gasteiger partial charge >= 0.3 is 0 Å². The molecule has 0 aliphatic rings. The van der Waals surface area contributed by atoms with E-state index in [0.29, 0.717) is 6.42 Å². The monoisotopic (exact) mass is 409 g/mol. The van der Waals surface area contributed by atoms with E-state index in [1.807, 2.05) is 19.9 Å². The van der Waals surface area contributed by atoms with Crippen molar-refractivity contribution in [2.24, 2.45) is 0 Å². The first-order valence-corrected chi connectivity index (χ1v) is 10.7. The molecule has 1 heterocycles. The number of aryl methyl sites for hydroxylation is 5. The van der Waals surface area contributed by atoms with Crippen LogP contribution in [0.15, 0.2) is 35.5 Å². The number of tetrazole rings is 1. The molecule has 7 heteroatoms. The predicted octanol–water partition coefficient (Wildman–Crippen LogP) is 4.72. The summed E-state index contributed by atoms with van der Waals surface area (Å²) >= 11 is 1.56. The first kappa shape index (κ1) is 21.0. The summed E-state index contributed by atoms with van der Waals surface area (Å²) in [5.74, 6) is 0.805. The molecular formula is C22H27N5OS. The molecule has 0 atom stereocenters. The van der Waals surface area contributed by atoms with E-state index in [1.165, 1.54) is 11.1 Å². The summed E-state index contributed by atoms with van der Waals surface area (Å²) in [4.78, 5) is 12.4. The van der Waals surface area contributed by atoms with Crippen molar-refractivity contribution in [2.75, 3.05) is 11.1 Å². The van der Waals surface area contributed by atoms with E-state index >= 15 is 0 Å². The molecule has 0 bridgehead atoms. The number of carbonyl (C=O) groups excluding carboxylic acids is 1. The molecule has 0 aliphatic heterocycles. The minimum absolute atomic E-state index is 0.0367. The zero-order valence-electron chi connectivity index (χ0n) is 17.6. The molecule has 3 aromatic rings. The molecule has 0 fully saturated rings. The van der Waals surface area contributed by atoms with Gasteiger partial charge in [0, 0.05) is 17.9 Å². The number of amides is 1. The number of benzene rings is 2. The first-order valence-electron chi connectivity index (χ1n) is 9.71. The average Bonchev–Trinajstić information content (AvgIpc) is 3.10. The van der Waals surface area contributed by atoms with Gasteiger partial charge in [0.2, 0.25) is 11.1 Å². The maximum atomic E-state index is 12.4. The fourth-order valence-electron chi connectivity index (χ4n) is 3.44. The maximum absolute atomic E-state index is 12.4. The van der Waals surface area contributed by atoms with Crippen molar-refractivity contribution >= 4 is 23.4 Å². The Hall–Kier alpha value is -2.67. The largest absolute Gasteiger partial charge is 0.326 e. The highest BCUT2D eigenvalue weighted by Gasteiger charge is 2.12. The molecule has 29 heavy (non-hydrogen) atoms. The summed E-state index contributed by atoms with van der Waals surface area (Å²) in [5.41, 5.74) is 7.63. The van der Waals surface area contributed by atoms with E-state index in [1.54, 1.807) is 16.4 Å². The highest BCUT2D eigenvalue weighted by Crippen LogP contribution is 2.24. The maximum Gasteiger partial charge on any atom is 0.224 e. The summed E-state index contributed by atoms with van der Waals surface area (Å²) in [5, 5.41) is 15.9. The third-order valence-corrected chi connectivity index (χ3v) is 5.75. The van der Waals surface area contributed by atoms with Crippen molar-refractivity contribution in [1.82, 2.24) is 20.2 Å². The number of hydrogen-bond donors (Lipinski definition) is 1. The lowest BCUT2D eigenvalue weighted by Crippen LogP contribution is -2.13. The summed E-state index contributed by atoms with van der Waals surface area (Å²) in [6.07, 6.45) is 1.21. The van der Waals surface area contributed by atoms with Gasteiger partial charge in [-0.3, -0.25) is 4.79 Å². The van der Waals surface area contributed by atoms with Gasteiger partial charge in [-0.15, -0.1) is 5.10 Å². The zero-order chi connectivity index (χ0) is 21.0. The second-order valence-electron chi connectivity index (χ2n) is 7.44. The molecular weight excluding hydrogens is 382 g/mol. The fraction of sp³-hybridized carbons (Fsp3) is 0.364. The number of thioether (sulfide) groups is 1. The van der Waals surface area contributed by atoms with Gasteiger partial charge < -0.3 is 5.32 Å². The van der Waals surface area contributed by atoms with Gasteiger partial charge in [0.05, 0.1) is 5.69 Å². The highest BCUT2D eigenvalue weighted by molar-refractivity contribution is 7.99. The molecule has 152 valence electrons. The van der Waals surface area contributed by atoms with Crippen molar-refractivity contribution < 1.29 is 4.79 Å². The van der Waals surface area contributed by atoms with Crippen molar-refractivity contribution in [2.45, 2.75) is 52.6 Å². The minimum atomic E-state index is 0.0367. The van der Waals surface area contributed by atoms with Gasteiger partial charge in [-0.1, -0.05) is 47.2 Å². The Morgan fingerprint density at radius 1 is 1.00 bits per heavy atom. The number of carbonyl (C=O) groups is 1. The smallest absolute Gasteiger partial charge is 0.224 e. The number of rotatable bonds is 7. The number of hydrogen-bond acceptors (Lipinski definition) is 5. The minimum Gasteiger partial charge on any atom is -0.326 e. The van der Waals surface area contributed by atoms with Crippen molar-refractivity contribution in [1.29, 1.82) is 0 Å². The summed E-state index contributed by atoms with van der Waals surface area (Å²) in [7, 11) is 0. The molecule has 1 aromatic heterocycles. The van der Waals surface area contributed by atoms with Crippen LogP contribution in [0.4, 0.5) is 5.69 Å². The molecule has 0 radical (unpaired) electrons.